The molecule has 2 saturated heterocycles. The van der Waals surface area contributed by atoms with Crippen molar-refractivity contribution < 1.29 is 24.0 Å². The van der Waals surface area contributed by atoms with Crippen LogP contribution in [0.15, 0.2) is 24.3 Å². The Kier molecular flexibility index (Phi) is 4.80. The van der Waals surface area contributed by atoms with Crippen LogP contribution in [0.25, 0.3) is 0 Å². The maximum Gasteiger partial charge on any atom is 0.416 e. The first-order valence-corrected chi connectivity index (χ1v) is 8.21. The fraction of sp³-hybridized carbons (Fsp3) is 0.471. The van der Waals surface area contributed by atoms with Gasteiger partial charge < -0.3 is 14.5 Å². The molecule has 0 bridgehead atoms. The summed E-state index contributed by atoms with van der Waals surface area (Å²) < 4.78 is 4.80. The standard InChI is InChI=1S/C17H21N3O4/c1-13(21)14-2-4-15(5-3-14)19-8-6-18(7-9-19)12-16(22)20-10-11-24-17(20)23/h2-5H,6-12H2,1H3/p+1. The zero-order valence-corrected chi connectivity index (χ0v) is 13.8. The van der Waals surface area contributed by atoms with Crippen LogP contribution < -0.4 is 9.80 Å². The summed E-state index contributed by atoms with van der Waals surface area (Å²) in [5, 5.41) is 0. The topological polar surface area (TPSA) is 71.4 Å². The molecule has 24 heavy (non-hydrogen) atoms. The van der Waals surface area contributed by atoms with E-state index in [-0.39, 0.29) is 11.7 Å². The predicted molar refractivity (Wildman–Crippen MR) is 87.3 cm³/mol. The molecule has 1 N–H and O–H groups in total. The van der Waals surface area contributed by atoms with E-state index in [1.807, 2.05) is 24.3 Å². The summed E-state index contributed by atoms with van der Waals surface area (Å²) in [7, 11) is 0. The van der Waals surface area contributed by atoms with Gasteiger partial charge in [0.05, 0.1) is 32.7 Å². The number of benzene rings is 1. The second-order valence-corrected chi connectivity index (χ2v) is 6.18. The van der Waals surface area contributed by atoms with Gasteiger partial charge in [-0.25, -0.2) is 9.69 Å². The third-order valence-electron chi connectivity index (χ3n) is 4.57. The fourth-order valence-electron chi connectivity index (χ4n) is 3.09. The van der Waals surface area contributed by atoms with Crippen molar-refractivity contribution in [1.29, 1.82) is 0 Å². The summed E-state index contributed by atoms with van der Waals surface area (Å²) in [5.74, 6) is -0.0958. The van der Waals surface area contributed by atoms with Gasteiger partial charge >= 0.3 is 6.09 Å². The zero-order chi connectivity index (χ0) is 17.1. The molecule has 1 aromatic carbocycles. The van der Waals surface area contributed by atoms with Crippen molar-refractivity contribution in [3.63, 3.8) is 0 Å². The number of anilines is 1. The van der Waals surface area contributed by atoms with Gasteiger partial charge in [0.25, 0.3) is 5.91 Å². The van der Waals surface area contributed by atoms with Crippen molar-refractivity contribution in [1.82, 2.24) is 4.90 Å². The molecule has 0 atom stereocenters. The first-order chi connectivity index (χ1) is 11.5. The highest BCUT2D eigenvalue weighted by Crippen LogP contribution is 2.15. The maximum atomic E-state index is 12.1. The van der Waals surface area contributed by atoms with Crippen LogP contribution in [0.1, 0.15) is 17.3 Å². The van der Waals surface area contributed by atoms with Crippen molar-refractivity contribution in [2.45, 2.75) is 6.92 Å². The number of piperazine rings is 1. The quantitative estimate of drug-likeness (QED) is 0.758. The Hall–Kier alpha value is -2.41. The summed E-state index contributed by atoms with van der Waals surface area (Å²) in [5.41, 5.74) is 1.81. The lowest BCUT2D eigenvalue weighted by molar-refractivity contribution is -0.892. The number of quaternary nitrogens is 1. The minimum atomic E-state index is -0.524. The number of ketones is 1. The molecule has 2 aliphatic rings. The lowest BCUT2D eigenvalue weighted by Gasteiger charge is -2.33. The number of rotatable bonds is 4. The van der Waals surface area contributed by atoms with Crippen molar-refractivity contribution in [3.05, 3.63) is 29.8 Å². The lowest BCUT2D eigenvalue weighted by Crippen LogP contribution is -3.15. The van der Waals surface area contributed by atoms with Crippen molar-refractivity contribution >= 4 is 23.5 Å². The van der Waals surface area contributed by atoms with Crippen LogP contribution in [0.2, 0.25) is 0 Å². The predicted octanol–water partition coefficient (Wildman–Crippen LogP) is -0.427. The SMILES string of the molecule is CC(=O)c1ccc(N2CC[NH+](CC(=O)N3CCOC3=O)CC2)cc1. The molecule has 0 aromatic heterocycles. The molecule has 0 spiro atoms. The number of hydrogen-bond donors (Lipinski definition) is 1. The Balaban J connectivity index is 1.51. The summed E-state index contributed by atoms with van der Waals surface area (Å²) in [6.07, 6.45) is -0.524. The Morgan fingerprint density at radius 2 is 1.79 bits per heavy atom. The normalized spacial score (nSPS) is 18.6. The minimum Gasteiger partial charge on any atom is -0.447 e. The van der Waals surface area contributed by atoms with Crippen molar-refractivity contribution in [3.8, 4) is 0 Å². The fourth-order valence-corrected chi connectivity index (χ4v) is 3.09. The summed E-state index contributed by atoms with van der Waals surface area (Å²) in [6, 6.07) is 7.62. The third kappa shape index (κ3) is 3.56. The van der Waals surface area contributed by atoms with Gasteiger partial charge in [-0.15, -0.1) is 0 Å². The highest BCUT2D eigenvalue weighted by Gasteiger charge is 2.32. The Morgan fingerprint density at radius 3 is 2.33 bits per heavy atom. The molecule has 2 amide bonds. The first kappa shape index (κ1) is 16.4. The molecule has 2 aliphatic heterocycles. The maximum absolute atomic E-state index is 12.1. The number of imide groups is 1. The van der Waals surface area contributed by atoms with Crippen LogP contribution in [0, 0.1) is 0 Å². The number of nitrogens with one attached hydrogen (secondary N) is 1. The molecule has 3 rings (SSSR count). The lowest BCUT2D eigenvalue weighted by atomic mass is 10.1. The molecular weight excluding hydrogens is 310 g/mol. The smallest absolute Gasteiger partial charge is 0.416 e. The Bertz CT molecular complexity index is 636. The van der Waals surface area contributed by atoms with E-state index >= 15 is 0 Å². The summed E-state index contributed by atoms with van der Waals surface area (Å²) in [4.78, 5) is 39.5. The zero-order valence-electron chi connectivity index (χ0n) is 13.8. The largest absolute Gasteiger partial charge is 0.447 e. The minimum absolute atomic E-state index is 0.0646. The van der Waals surface area contributed by atoms with Gasteiger partial charge in [-0.3, -0.25) is 9.59 Å². The molecule has 1 aromatic rings. The average molecular weight is 332 g/mol. The number of cyclic esters (lactones) is 1. The van der Waals surface area contributed by atoms with Gasteiger partial charge in [-0.2, -0.15) is 0 Å². The van der Waals surface area contributed by atoms with Crippen molar-refractivity contribution in [2.24, 2.45) is 0 Å². The summed E-state index contributed by atoms with van der Waals surface area (Å²) in [6.45, 7) is 5.89. The van der Waals surface area contributed by atoms with E-state index in [9.17, 15) is 14.4 Å². The van der Waals surface area contributed by atoms with E-state index in [4.69, 9.17) is 4.74 Å². The first-order valence-electron chi connectivity index (χ1n) is 8.21. The van der Waals surface area contributed by atoms with E-state index in [0.29, 0.717) is 25.3 Å². The Labute approximate surface area is 140 Å². The third-order valence-corrected chi connectivity index (χ3v) is 4.57. The number of carbonyl (C=O) groups is 3. The van der Waals surface area contributed by atoms with Gasteiger partial charge in [0, 0.05) is 11.3 Å². The Morgan fingerprint density at radius 1 is 1.12 bits per heavy atom. The molecule has 2 fully saturated rings. The van der Waals surface area contributed by atoms with Gasteiger partial charge in [0.1, 0.15) is 6.61 Å². The molecule has 0 unspecified atom stereocenters. The molecule has 128 valence electrons. The van der Waals surface area contributed by atoms with E-state index in [1.54, 1.807) is 6.92 Å². The van der Waals surface area contributed by atoms with Crippen LogP contribution in [0.3, 0.4) is 0 Å². The highest BCUT2D eigenvalue weighted by atomic mass is 16.6. The number of nitrogens with zero attached hydrogens (tertiary/aromatic N) is 2. The second kappa shape index (κ2) is 7.00. The van der Waals surface area contributed by atoms with Crippen molar-refractivity contribution in [2.75, 3.05) is 50.8 Å². The molecular formula is C17H22N3O4+. The number of hydrogen-bond acceptors (Lipinski definition) is 5. The molecule has 0 radical (unpaired) electrons. The van der Waals surface area contributed by atoms with Crippen LogP contribution in [0.4, 0.5) is 10.5 Å². The number of Topliss-reactive ketones (excluding diaryl/α,β-unsaturated/α-hetero) is 1. The van der Waals surface area contributed by atoms with E-state index in [1.165, 1.54) is 9.80 Å². The molecule has 7 heteroatoms. The van der Waals surface area contributed by atoms with Gasteiger partial charge in [-0.05, 0) is 31.2 Å². The van der Waals surface area contributed by atoms with Gasteiger partial charge in [0.2, 0.25) is 0 Å². The van der Waals surface area contributed by atoms with Gasteiger partial charge in [-0.1, -0.05) is 0 Å². The molecule has 0 saturated carbocycles. The second-order valence-electron chi connectivity index (χ2n) is 6.18. The highest BCUT2D eigenvalue weighted by molar-refractivity contribution is 5.94. The molecule has 7 nitrogen and oxygen atoms in total. The van der Waals surface area contributed by atoms with Crippen LogP contribution >= 0.6 is 0 Å². The molecule has 2 heterocycles. The van der Waals surface area contributed by atoms with Crippen LogP contribution in [-0.4, -0.2) is 68.6 Å². The van der Waals surface area contributed by atoms with E-state index in [2.05, 4.69) is 4.90 Å². The molecule has 0 aliphatic carbocycles. The van der Waals surface area contributed by atoms with Gasteiger partial charge in [0.15, 0.2) is 12.3 Å². The van der Waals surface area contributed by atoms with Crippen LogP contribution in [-0.2, 0) is 9.53 Å². The number of ether oxygens (including phenoxy) is 1. The van der Waals surface area contributed by atoms with E-state index in [0.717, 1.165) is 31.9 Å². The van der Waals surface area contributed by atoms with Crippen LogP contribution in [0.5, 0.6) is 0 Å². The number of carbonyl (C=O) groups excluding carboxylic acids is 3. The monoisotopic (exact) mass is 332 g/mol. The summed E-state index contributed by atoms with van der Waals surface area (Å²) >= 11 is 0. The average Bonchev–Trinajstić information content (AvgIpc) is 3.02. The number of amides is 2. The van der Waals surface area contributed by atoms with E-state index < -0.39 is 6.09 Å².